The van der Waals surface area contributed by atoms with E-state index in [0.717, 1.165) is 37.7 Å². The van der Waals surface area contributed by atoms with Crippen LogP contribution < -0.4 is 10.6 Å². The van der Waals surface area contributed by atoms with Crippen LogP contribution in [0, 0.1) is 0 Å². The maximum atomic E-state index is 11.6. The van der Waals surface area contributed by atoms with Crippen molar-refractivity contribution in [2.45, 2.75) is 6.42 Å². The molecule has 4 aromatic rings. The van der Waals surface area contributed by atoms with E-state index < -0.39 is 5.97 Å². The van der Waals surface area contributed by atoms with Gasteiger partial charge in [0.15, 0.2) is 5.78 Å². The number of fused-ring (bicyclic) bond motifs is 6. The topological polar surface area (TPSA) is 67.3 Å². The predicted octanol–water partition coefficient (Wildman–Crippen LogP) is 2.77. The quantitative estimate of drug-likeness (QED) is 0.542. The zero-order valence-electron chi connectivity index (χ0n) is 13.7. The van der Waals surface area contributed by atoms with E-state index in [-0.39, 0.29) is 5.78 Å². The first-order chi connectivity index (χ1) is 12.6. The van der Waals surface area contributed by atoms with Crippen LogP contribution in [0.3, 0.4) is 0 Å². The monoisotopic (exact) mass is 339 g/mol. The second kappa shape index (κ2) is 5.23. The number of hydrogen-bond acceptors (Lipinski definition) is 3. The van der Waals surface area contributed by atoms with Crippen LogP contribution in [-0.2, 0) is 4.79 Å². The fourth-order valence-corrected chi connectivity index (χ4v) is 3.75. The van der Waals surface area contributed by atoms with Crippen LogP contribution in [0.4, 0.5) is 0 Å². The number of nitrogens with zero attached hydrogens (tertiary/aromatic N) is 1. The molecule has 0 amide bonds. The van der Waals surface area contributed by atoms with E-state index in [1.54, 1.807) is 18.2 Å². The zero-order valence-corrected chi connectivity index (χ0v) is 13.7. The van der Waals surface area contributed by atoms with Crippen LogP contribution in [0.5, 0.6) is 0 Å². The van der Waals surface area contributed by atoms with Gasteiger partial charge in [-0.05, 0) is 45.0 Å². The molecule has 1 N–H and O–H groups in total. The van der Waals surface area contributed by atoms with E-state index in [2.05, 4.69) is 11.1 Å². The molecule has 124 valence electrons. The molecule has 0 unspecified atom stereocenters. The standard InChI is InChI=1S/C22H13NO3/c24-13-5-4-12-10-19-17-7-6-16-14(2-1-3-18(16)22(25)26)15(17)8-9-20(19)23-21(12)11-13/h1-4,6-11H,5H2,(H,25,26). The minimum Gasteiger partial charge on any atom is -0.478 e. The lowest BCUT2D eigenvalue weighted by Gasteiger charge is -2.10. The molecule has 0 aliphatic heterocycles. The second-order valence-corrected chi connectivity index (χ2v) is 6.48. The summed E-state index contributed by atoms with van der Waals surface area (Å²) in [6.45, 7) is 0. The number of carboxylic acids is 1. The Morgan fingerprint density at radius 1 is 0.923 bits per heavy atom. The first-order valence-electron chi connectivity index (χ1n) is 8.35. The Kier molecular flexibility index (Phi) is 2.97. The summed E-state index contributed by atoms with van der Waals surface area (Å²) in [5.41, 5.74) is 1.12. The van der Waals surface area contributed by atoms with Crippen LogP contribution in [0.1, 0.15) is 16.8 Å². The van der Waals surface area contributed by atoms with Gasteiger partial charge in [0.25, 0.3) is 0 Å². The molecule has 0 fully saturated rings. The highest BCUT2D eigenvalue weighted by atomic mass is 16.4. The normalized spacial score (nSPS) is 13.5. The first-order valence-corrected chi connectivity index (χ1v) is 8.35. The number of aromatic carboxylic acids is 1. The van der Waals surface area contributed by atoms with Gasteiger partial charge in [0.1, 0.15) is 0 Å². The van der Waals surface area contributed by atoms with Gasteiger partial charge in [-0.15, -0.1) is 0 Å². The molecule has 1 aromatic heterocycles. The first kappa shape index (κ1) is 14.8. The Bertz CT molecular complexity index is 1400. The van der Waals surface area contributed by atoms with Crippen LogP contribution in [-0.4, -0.2) is 21.8 Å². The molecular weight excluding hydrogens is 326 g/mol. The number of ketones is 1. The maximum Gasteiger partial charge on any atom is 0.336 e. The van der Waals surface area contributed by atoms with Crippen molar-refractivity contribution >= 4 is 56.4 Å². The average molecular weight is 339 g/mol. The van der Waals surface area contributed by atoms with E-state index in [0.29, 0.717) is 17.3 Å². The number of pyridine rings is 1. The van der Waals surface area contributed by atoms with Crippen molar-refractivity contribution in [2.75, 3.05) is 0 Å². The van der Waals surface area contributed by atoms with Gasteiger partial charge in [-0.25, -0.2) is 9.78 Å². The molecule has 4 nitrogen and oxygen atoms in total. The molecular formula is C22H13NO3. The molecule has 26 heavy (non-hydrogen) atoms. The molecule has 0 saturated carbocycles. The van der Waals surface area contributed by atoms with Crippen LogP contribution in [0.2, 0.25) is 0 Å². The molecule has 4 heteroatoms. The molecule has 1 aliphatic rings. The summed E-state index contributed by atoms with van der Waals surface area (Å²) < 4.78 is 0. The Hall–Kier alpha value is -3.53. The Morgan fingerprint density at radius 3 is 2.50 bits per heavy atom. The fraction of sp³-hybridized carbons (Fsp3) is 0.0455. The van der Waals surface area contributed by atoms with E-state index in [1.807, 2.05) is 36.4 Å². The number of hydrogen-bond donors (Lipinski definition) is 1. The summed E-state index contributed by atoms with van der Waals surface area (Å²) in [6.07, 6.45) is 3.90. The van der Waals surface area contributed by atoms with Gasteiger partial charge in [0.05, 0.1) is 16.4 Å². The summed E-state index contributed by atoms with van der Waals surface area (Å²) in [4.78, 5) is 27.8. The van der Waals surface area contributed by atoms with Gasteiger partial charge in [0.2, 0.25) is 0 Å². The summed E-state index contributed by atoms with van der Waals surface area (Å²) in [7, 11) is 0. The van der Waals surface area contributed by atoms with Crippen molar-refractivity contribution in [1.82, 2.24) is 4.98 Å². The number of carbonyl (C=O) groups excluding carboxylic acids is 1. The molecule has 0 atom stereocenters. The number of aromatic nitrogens is 1. The predicted molar refractivity (Wildman–Crippen MR) is 102 cm³/mol. The van der Waals surface area contributed by atoms with Crippen LogP contribution >= 0.6 is 0 Å². The van der Waals surface area contributed by atoms with Crippen LogP contribution in [0.25, 0.3) is 44.6 Å². The van der Waals surface area contributed by atoms with Gasteiger partial charge in [-0.2, -0.15) is 0 Å². The second-order valence-electron chi connectivity index (χ2n) is 6.48. The highest BCUT2D eigenvalue weighted by Crippen LogP contribution is 2.31. The van der Waals surface area contributed by atoms with Gasteiger partial charge in [-0.3, -0.25) is 4.79 Å². The van der Waals surface area contributed by atoms with Gasteiger partial charge >= 0.3 is 5.97 Å². The molecule has 5 rings (SSSR count). The van der Waals surface area contributed by atoms with Crippen molar-refractivity contribution in [2.24, 2.45) is 0 Å². The highest BCUT2D eigenvalue weighted by Gasteiger charge is 2.12. The van der Waals surface area contributed by atoms with E-state index in [1.165, 1.54) is 0 Å². The third-order valence-corrected chi connectivity index (χ3v) is 4.96. The lowest BCUT2D eigenvalue weighted by atomic mass is 9.95. The maximum absolute atomic E-state index is 11.6. The zero-order chi connectivity index (χ0) is 17.8. The lowest BCUT2D eigenvalue weighted by Crippen LogP contribution is -2.32. The Morgan fingerprint density at radius 2 is 1.65 bits per heavy atom. The van der Waals surface area contributed by atoms with E-state index in [9.17, 15) is 14.7 Å². The summed E-state index contributed by atoms with van der Waals surface area (Å²) in [5.74, 6) is -0.862. The summed E-state index contributed by atoms with van der Waals surface area (Å²) in [6, 6.07) is 15.1. The molecule has 0 bridgehead atoms. The summed E-state index contributed by atoms with van der Waals surface area (Å²) in [5, 5.41) is 15.8. The largest absolute Gasteiger partial charge is 0.478 e. The molecule has 0 saturated heterocycles. The molecule has 1 aliphatic carbocycles. The molecule has 3 aromatic carbocycles. The van der Waals surface area contributed by atoms with Crippen molar-refractivity contribution in [3.8, 4) is 0 Å². The minimum absolute atomic E-state index is 0.0670. The minimum atomic E-state index is -0.929. The molecule has 0 radical (unpaired) electrons. The number of Topliss-reactive ketones (excluding diaryl/α,β-unsaturated/α-hetero) is 1. The number of benzene rings is 3. The van der Waals surface area contributed by atoms with Gasteiger partial charge < -0.3 is 5.11 Å². The van der Waals surface area contributed by atoms with Gasteiger partial charge in [-0.1, -0.05) is 36.4 Å². The Labute approximate surface area is 147 Å². The Balaban J connectivity index is 1.94. The number of carbonyl (C=O) groups is 2. The molecule has 0 spiro atoms. The van der Waals surface area contributed by atoms with Crippen molar-refractivity contribution < 1.29 is 14.7 Å². The third kappa shape index (κ3) is 2.05. The van der Waals surface area contributed by atoms with Crippen molar-refractivity contribution in [3.63, 3.8) is 0 Å². The summed E-state index contributed by atoms with van der Waals surface area (Å²) >= 11 is 0. The van der Waals surface area contributed by atoms with Crippen molar-refractivity contribution in [1.29, 1.82) is 0 Å². The number of carboxylic acid groups (broad SMARTS) is 1. The SMILES string of the molecule is O=C1C=c2nc3ccc4c5cccc(C(=O)O)c5ccc4c3cc2=CC1. The van der Waals surface area contributed by atoms with Gasteiger partial charge in [0, 0.05) is 17.9 Å². The van der Waals surface area contributed by atoms with E-state index >= 15 is 0 Å². The third-order valence-electron chi connectivity index (χ3n) is 4.96. The molecule has 1 heterocycles. The average Bonchev–Trinajstić information content (AvgIpc) is 2.65. The fourth-order valence-electron chi connectivity index (χ4n) is 3.75. The van der Waals surface area contributed by atoms with Crippen molar-refractivity contribution in [3.05, 3.63) is 64.7 Å². The van der Waals surface area contributed by atoms with Crippen LogP contribution in [0.15, 0.2) is 48.5 Å². The lowest BCUT2D eigenvalue weighted by molar-refractivity contribution is -0.112. The number of rotatable bonds is 1. The highest BCUT2D eigenvalue weighted by molar-refractivity contribution is 6.19. The van der Waals surface area contributed by atoms with E-state index in [4.69, 9.17) is 0 Å². The smallest absolute Gasteiger partial charge is 0.336 e.